The lowest BCUT2D eigenvalue weighted by Gasteiger charge is -2.25. The Labute approximate surface area is 118 Å². The Kier molecular flexibility index (Phi) is 4.17. The molecule has 100 valence electrons. The van der Waals surface area contributed by atoms with Gasteiger partial charge in [0.25, 0.3) is 0 Å². The van der Waals surface area contributed by atoms with Gasteiger partial charge in [-0.15, -0.1) is 0 Å². The summed E-state index contributed by atoms with van der Waals surface area (Å²) in [5, 5.41) is 0. The third-order valence-corrected chi connectivity index (χ3v) is 4.40. The standard InChI is InChI=1S/C14H22BrN3/c1-10-6-14(12(15)7-13(10)16)18(3)9-11-4-5-17(2)8-11/h6-7,11H,4-5,8-9,16H2,1-3H3. The van der Waals surface area contributed by atoms with Crippen LogP contribution in [0.2, 0.25) is 0 Å². The summed E-state index contributed by atoms with van der Waals surface area (Å²) < 4.78 is 1.08. The van der Waals surface area contributed by atoms with E-state index in [0.717, 1.165) is 28.2 Å². The second-order valence-corrected chi connectivity index (χ2v) is 6.31. The number of benzene rings is 1. The molecular weight excluding hydrogens is 290 g/mol. The van der Waals surface area contributed by atoms with Gasteiger partial charge in [-0.25, -0.2) is 0 Å². The molecule has 2 N–H and O–H groups in total. The number of rotatable bonds is 3. The fraction of sp³-hybridized carbons (Fsp3) is 0.571. The predicted molar refractivity (Wildman–Crippen MR) is 82.2 cm³/mol. The molecule has 1 atom stereocenters. The SMILES string of the molecule is Cc1cc(N(C)CC2CCN(C)C2)c(Br)cc1N. The monoisotopic (exact) mass is 311 g/mol. The molecule has 0 aromatic heterocycles. The van der Waals surface area contributed by atoms with Gasteiger partial charge in [0.1, 0.15) is 0 Å². The second-order valence-electron chi connectivity index (χ2n) is 5.46. The van der Waals surface area contributed by atoms with Gasteiger partial charge in [0.2, 0.25) is 0 Å². The maximum Gasteiger partial charge on any atom is 0.0512 e. The Morgan fingerprint density at radius 3 is 2.83 bits per heavy atom. The molecule has 0 radical (unpaired) electrons. The average molecular weight is 312 g/mol. The van der Waals surface area contributed by atoms with E-state index in [1.807, 2.05) is 6.07 Å². The number of hydrogen-bond donors (Lipinski definition) is 1. The minimum absolute atomic E-state index is 0.768. The Morgan fingerprint density at radius 1 is 1.50 bits per heavy atom. The molecule has 2 rings (SSSR count). The van der Waals surface area contributed by atoms with Crippen molar-refractivity contribution < 1.29 is 0 Å². The highest BCUT2D eigenvalue weighted by molar-refractivity contribution is 9.10. The molecule has 0 amide bonds. The van der Waals surface area contributed by atoms with Gasteiger partial charge in [-0.3, -0.25) is 0 Å². The van der Waals surface area contributed by atoms with Gasteiger partial charge in [-0.1, -0.05) is 0 Å². The van der Waals surface area contributed by atoms with E-state index in [-0.39, 0.29) is 0 Å². The van der Waals surface area contributed by atoms with Crippen molar-refractivity contribution >= 4 is 27.3 Å². The summed E-state index contributed by atoms with van der Waals surface area (Å²) in [6, 6.07) is 4.17. The summed E-state index contributed by atoms with van der Waals surface area (Å²) >= 11 is 3.61. The topological polar surface area (TPSA) is 32.5 Å². The number of likely N-dealkylation sites (tertiary alicyclic amines) is 1. The molecular formula is C14H22BrN3. The van der Waals surface area contributed by atoms with Crippen molar-refractivity contribution in [2.45, 2.75) is 13.3 Å². The molecule has 1 saturated heterocycles. The summed E-state index contributed by atoms with van der Waals surface area (Å²) in [7, 11) is 4.36. The normalized spacial score (nSPS) is 20.3. The van der Waals surface area contributed by atoms with Crippen LogP contribution in [0.3, 0.4) is 0 Å². The first-order valence-corrected chi connectivity index (χ1v) is 7.22. The first-order chi connectivity index (χ1) is 8.47. The highest BCUT2D eigenvalue weighted by atomic mass is 79.9. The molecule has 1 aliphatic rings. The Morgan fingerprint density at radius 2 is 2.22 bits per heavy atom. The molecule has 3 nitrogen and oxygen atoms in total. The smallest absolute Gasteiger partial charge is 0.0512 e. The third-order valence-electron chi connectivity index (χ3n) is 3.77. The van der Waals surface area contributed by atoms with E-state index in [9.17, 15) is 0 Å². The van der Waals surface area contributed by atoms with Crippen LogP contribution in [0.15, 0.2) is 16.6 Å². The summed E-state index contributed by atoms with van der Waals surface area (Å²) in [5.74, 6) is 0.768. The summed E-state index contributed by atoms with van der Waals surface area (Å²) in [6.07, 6.45) is 1.30. The molecule has 0 bridgehead atoms. The molecule has 1 fully saturated rings. The highest BCUT2D eigenvalue weighted by Crippen LogP contribution is 2.31. The molecule has 0 saturated carbocycles. The van der Waals surface area contributed by atoms with Crippen molar-refractivity contribution in [2.75, 3.05) is 44.4 Å². The molecule has 1 aromatic carbocycles. The van der Waals surface area contributed by atoms with E-state index < -0.39 is 0 Å². The first kappa shape index (κ1) is 13.7. The van der Waals surface area contributed by atoms with Gasteiger partial charge in [0.15, 0.2) is 0 Å². The predicted octanol–water partition coefficient (Wildman–Crippen LogP) is 2.73. The lowest BCUT2D eigenvalue weighted by atomic mass is 10.1. The van der Waals surface area contributed by atoms with Gasteiger partial charge >= 0.3 is 0 Å². The van der Waals surface area contributed by atoms with Crippen molar-refractivity contribution in [3.63, 3.8) is 0 Å². The molecule has 4 heteroatoms. The van der Waals surface area contributed by atoms with Crippen LogP contribution in [-0.4, -0.2) is 38.6 Å². The number of hydrogen-bond acceptors (Lipinski definition) is 3. The fourth-order valence-electron chi connectivity index (χ4n) is 2.64. The molecule has 1 heterocycles. The van der Waals surface area contributed by atoms with E-state index in [1.165, 1.54) is 25.2 Å². The van der Waals surface area contributed by atoms with Crippen LogP contribution in [0.4, 0.5) is 11.4 Å². The van der Waals surface area contributed by atoms with E-state index in [0.29, 0.717) is 0 Å². The van der Waals surface area contributed by atoms with Gasteiger partial charge in [-0.05, 0) is 66.5 Å². The first-order valence-electron chi connectivity index (χ1n) is 6.42. The molecule has 18 heavy (non-hydrogen) atoms. The minimum Gasteiger partial charge on any atom is -0.398 e. The van der Waals surface area contributed by atoms with Gasteiger partial charge in [-0.2, -0.15) is 0 Å². The second kappa shape index (κ2) is 5.49. The van der Waals surface area contributed by atoms with Crippen LogP contribution in [0.25, 0.3) is 0 Å². The van der Waals surface area contributed by atoms with E-state index in [1.54, 1.807) is 0 Å². The summed E-state index contributed by atoms with van der Waals surface area (Å²) in [4.78, 5) is 4.74. The molecule has 0 spiro atoms. The van der Waals surface area contributed by atoms with Crippen molar-refractivity contribution in [2.24, 2.45) is 5.92 Å². The number of nitrogen functional groups attached to an aromatic ring is 1. The number of halogens is 1. The van der Waals surface area contributed by atoms with Gasteiger partial charge < -0.3 is 15.5 Å². The van der Waals surface area contributed by atoms with E-state index in [2.05, 4.69) is 52.8 Å². The number of nitrogens with zero attached hydrogens (tertiary/aromatic N) is 2. The zero-order valence-corrected chi connectivity index (χ0v) is 13.0. The van der Waals surface area contributed by atoms with Crippen LogP contribution < -0.4 is 10.6 Å². The lowest BCUT2D eigenvalue weighted by Crippen LogP contribution is -2.27. The highest BCUT2D eigenvalue weighted by Gasteiger charge is 2.21. The van der Waals surface area contributed by atoms with E-state index in [4.69, 9.17) is 5.73 Å². The Bertz CT molecular complexity index is 433. The number of anilines is 2. The summed E-state index contributed by atoms with van der Waals surface area (Å²) in [5.41, 5.74) is 9.14. The zero-order chi connectivity index (χ0) is 13.3. The summed E-state index contributed by atoms with van der Waals surface area (Å²) in [6.45, 7) is 5.59. The van der Waals surface area contributed by atoms with Crippen LogP contribution in [0, 0.1) is 12.8 Å². The maximum absolute atomic E-state index is 5.92. The Balaban J connectivity index is 2.09. The number of nitrogens with two attached hydrogens (primary N) is 1. The minimum atomic E-state index is 0.768. The van der Waals surface area contributed by atoms with Crippen molar-refractivity contribution in [1.29, 1.82) is 0 Å². The Hall–Kier alpha value is -0.740. The van der Waals surface area contributed by atoms with E-state index >= 15 is 0 Å². The van der Waals surface area contributed by atoms with Crippen molar-refractivity contribution in [3.05, 3.63) is 22.2 Å². The van der Waals surface area contributed by atoms with Crippen molar-refractivity contribution in [1.82, 2.24) is 4.90 Å². The maximum atomic E-state index is 5.92. The van der Waals surface area contributed by atoms with Gasteiger partial charge in [0, 0.05) is 30.3 Å². The quantitative estimate of drug-likeness (QED) is 0.871. The molecule has 0 aliphatic carbocycles. The molecule has 1 aliphatic heterocycles. The van der Waals surface area contributed by atoms with Crippen LogP contribution in [0.5, 0.6) is 0 Å². The molecule has 1 unspecified atom stereocenters. The number of aryl methyl sites for hydroxylation is 1. The lowest BCUT2D eigenvalue weighted by molar-refractivity contribution is 0.396. The average Bonchev–Trinajstić information content (AvgIpc) is 2.69. The zero-order valence-electron chi connectivity index (χ0n) is 11.4. The van der Waals surface area contributed by atoms with Crippen LogP contribution in [0.1, 0.15) is 12.0 Å². The van der Waals surface area contributed by atoms with Gasteiger partial charge in [0.05, 0.1) is 5.69 Å². The van der Waals surface area contributed by atoms with Crippen LogP contribution in [-0.2, 0) is 0 Å². The fourth-order valence-corrected chi connectivity index (χ4v) is 3.30. The third kappa shape index (κ3) is 2.98. The largest absolute Gasteiger partial charge is 0.398 e. The van der Waals surface area contributed by atoms with Crippen LogP contribution >= 0.6 is 15.9 Å². The molecule has 1 aromatic rings. The van der Waals surface area contributed by atoms with Crippen molar-refractivity contribution in [3.8, 4) is 0 Å².